The number of para-hydroxylation sites is 1. The van der Waals surface area contributed by atoms with Crippen LogP contribution in [0.3, 0.4) is 0 Å². The highest BCUT2D eigenvalue weighted by molar-refractivity contribution is 7.14. The van der Waals surface area contributed by atoms with Gasteiger partial charge in [-0.2, -0.15) is 0 Å². The van der Waals surface area contributed by atoms with E-state index < -0.39 is 11.9 Å². The Labute approximate surface area is 268 Å². The Morgan fingerprint density at radius 3 is 2.30 bits per heavy atom. The second-order valence-corrected chi connectivity index (χ2v) is 12.1. The summed E-state index contributed by atoms with van der Waals surface area (Å²) in [7, 11) is 3.37. The zero-order valence-corrected chi connectivity index (χ0v) is 27.5. The Kier molecular flexibility index (Phi) is 14.0. The van der Waals surface area contributed by atoms with Crippen molar-refractivity contribution in [2.75, 3.05) is 19.5 Å². The number of rotatable bonds is 17. The van der Waals surface area contributed by atoms with E-state index in [0.29, 0.717) is 22.1 Å². The van der Waals surface area contributed by atoms with Gasteiger partial charge in [0.1, 0.15) is 5.75 Å². The van der Waals surface area contributed by atoms with Gasteiger partial charge in [0.25, 0.3) is 5.91 Å². The van der Waals surface area contributed by atoms with E-state index in [4.69, 9.17) is 37.8 Å². The van der Waals surface area contributed by atoms with Crippen molar-refractivity contribution in [3.05, 3.63) is 68.0 Å². The molecule has 0 bridgehead atoms. The molecule has 3 rings (SSSR count). The third-order valence-electron chi connectivity index (χ3n) is 7.24. The molecule has 0 fully saturated rings. The number of aliphatic carboxylic acids is 1. The first kappa shape index (κ1) is 34.6. The lowest BCUT2D eigenvalue weighted by Gasteiger charge is -2.20. The number of amides is 1. The van der Waals surface area contributed by atoms with E-state index in [-0.39, 0.29) is 27.3 Å². The van der Waals surface area contributed by atoms with E-state index in [1.54, 1.807) is 14.2 Å². The van der Waals surface area contributed by atoms with Gasteiger partial charge < -0.3 is 14.6 Å². The zero-order chi connectivity index (χ0) is 31.4. The molecule has 0 radical (unpaired) electrons. The van der Waals surface area contributed by atoms with Crippen LogP contribution in [0, 0.1) is 0 Å². The van der Waals surface area contributed by atoms with Crippen molar-refractivity contribution in [1.29, 1.82) is 0 Å². The molecule has 43 heavy (non-hydrogen) atoms. The van der Waals surface area contributed by atoms with Gasteiger partial charge in [0.05, 0.1) is 29.0 Å². The quantitative estimate of drug-likeness (QED) is 0.112. The highest BCUT2D eigenvalue weighted by atomic mass is 35.5. The van der Waals surface area contributed by atoms with Gasteiger partial charge in [-0.3, -0.25) is 10.1 Å². The molecule has 0 saturated carbocycles. The molecule has 0 spiro atoms. The Bertz CT molecular complexity index is 1400. The summed E-state index contributed by atoms with van der Waals surface area (Å²) in [6.07, 6.45) is 12.2. The van der Waals surface area contributed by atoms with E-state index in [9.17, 15) is 9.59 Å². The number of thiazole rings is 1. The molecule has 0 saturated heterocycles. The predicted octanol–water partition coefficient (Wildman–Crippen LogP) is 10.1. The zero-order valence-electron chi connectivity index (χ0n) is 25.2. The highest BCUT2D eigenvalue weighted by Crippen LogP contribution is 2.40. The SMILES string of the molecule is CCCCCCCCCCC(OC)c1cccc(-c2csc(NC(=O)c3cc(Cl)c(/C=C(\C)C(=O)O)c(Cl)c3)n2)c1OC. The van der Waals surface area contributed by atoms with Crippen LogP contribution in [0.25, 0.3) is 17.3 Å². The Balaban J connectivity index is 1.71. The number of anilines is 1. The summed E-state index contributed by atoms with van der Waals surface area (Å²) in [5.74, 6) is -0.825. The van der Waals surface area contributed by atoms with Gasteiger partial charge in [-0.05, 0) is 37.6 Å². The summed E-state index contributed by atoms with van der Waals surface area (Å²) >= 11 is 13.9. The van der Waals surface area contributed by atoms with Crippen LogP contribution in [0.2, 0.25) is 10.0 Å². The second-order valence-electron chi connectivity index (χ2n) is 10.4. The number of carbonyl (C=O) groups excluding carboxylic acids is 1. The van der Waals surface area contributed by atoms with Gasteiger partial charge in [-0.1, -0.05) is 93.6 Å². The van der Waals surface area contributed by atoms with Gasteiger partial charge in [0, 0.05) is 40.3 Å². The third-order valence-corrected chi connectivity index (χ3v) is 8.62. The van der Waals surface area contributed by atoms with Crippen LogP contribution < -0.4 is 10.1 Å². The number of unbranched alkanes of at least 4 members (excludes halogenated alkanes) is 7. The molecular formula is C33H40Cl2N2O5S. The minimum absolute atomic E-state index is 0.0702. The van der Waals surface area contributed by atoms with Crippen LogP contribution in [0.5, 0.6) is 5.75 Å². The maximum Gasteiger partial charge on any atom is 0.331 e. The molecule has 10 heteroatoms. The average Bonchev–Trinajstić information content (AvgIpc) is 3.45. The smallest absolute Gasteiger partial charge is 0.331 e. The summed E-state index contributed by atoms with van der Waals surface area (Å²) in [5.41, 5.74) is 3.08. The number of halogens is 2. The first-order valence-electron chi connectivity index (χ1n) is 14.6. The number of hydrogen-bond donors (Lipinski definition) is 2. The van der Waals surface area contributed by atoms with Crippen LogP contribution in [-0.4, -0.2) is 36.2 Å². The van der Waals surface area contributed by atoms with Crippen molar-refractivity contribution >= 4 is 57.6 Å². The molecule has 0 aliphatic rings. The standard InChI is InChI=1S/C33H40Cl2N2O5S/c1-5-6-7-8-9-10-11-12-16-29(41-3)24-15-13-14-23(30(24)42-4)28-20-43-33(36-28)37-31(38)22-18-26(34)25(27(35)19-22)17-21(2)32(39)40/h13-15,17-20,29H,5-12,16H2,1-4H3,(H,39,40)(H,36,37,38)/b21-17+. The summed E-state index contributed by atoms with van der Waals surface area (Å²) in [5, 5.41) is 14.5. The normalized spacial score (nSPS) is 12.3. The Hall–Kier alpha value is -2.91. The van der Waals surface area contributed by atoms with Gasteiger partial charge in [-0.15, -0.1) is 11.3 Å². The molecule has 1 atom stereocenters. The number of benzene rings is 2. The van der Waals surface area contributed by atoms with Gasteiger partial charge in [0.2, 0.25) is 0 Å². The fourth-order valence-corrected chi connectivity index (χ4v) is 6.16. The number of nitrogens with zero attached hydrogens (tertiary/aromatic N) is 1. The molecule has 0 aliphatic carbocycles. The molecule has 1 aromatic heterocycles. The summed E-state index contributed by atoms with van der Waals surface area (Å²) in [6, 6.07) is 8.83. The van der Waals surface area contributed by atoms with Crippen LogP contribution in [0.15, 0.2) is 41.3 Å². The van der Waals surface area contributed by atoms with E-state index in [1.165, 1.54) is 81.4 Å². The fourth-order valence-electron chi connectivity index (χ4n) is 4.86. The lowest BCUT2D eigenvalue weighted by Crippen LogP contribution is -2.12. The van der Waals surface area contributed by atoms with Crippen molar-refractivity contribution in [2.45, 2.75) is 77.7 Å². The number of nitrogens with one attached hydrogen (secondary N) is 1. The van der Waals surface area contributed by atoms with E-state index in [0.717, 1.165) is 24.0 Å². The average molecular weight is 648 g/mol. The minimum atomic E-state index is -1.09. The molecular weight excluding hydrogens is 607 g/mol. The number of methoxy groups -OCH3 is 2. The number of carboxylic acid groups (broad SMARTS) is 1. The maximum atomic E-state index is 13.0. The monoisotopic (exact) mass is 646 g/mol. The first-order chi connectivity index (χ1) is 20.7. The predicted molar refractivity (Wildman–Crippen MR) is 177 cm³/mol. The van der Waals surface area contributed by atoms with Crippen molar-refractivity contribution in [1.82, 2.24) is 4.98 Å². The molecule has 7 nitrogen and oxygen atoms in total. The number of ether oxygens (including phenoxy) is 2. The molecule has 3 aromatic rings. The van der Waals surface area contributed by atoms with Crippen molar-refractivity contribution in [3.8, 4) is 17.0 Å². The number of carboxylic acids is 1. The molecule has 2 N–H and O–H groups in total. The number of carbonyl (C=O) groups is 2. The van der Waals surface area contributed by atoms with Crippen LogP contribution in [-0.2, 0) is 9.53 Å². The van der Waals surface area contributed by atoms with Crippen molar-refractivity contribution in [2.24, 2.45) is 0 Å². The molecule has 1 unspecified atom stereocenters. The van der Waals surface area contributed by atoms with Crippen molar-refractivity contribution < 1.29 is 24.2 Å². The van der Waals surface area contributed by atoms with Crippen molar-refractivity contribution in [3.63, 3.8) is 0 Å². The second kappa shape index (κ2) is 17.4. The lowest BCUT2D eigenvalue weighted by molar-refractivity contribution is -0.132. The van der Waals surface area contributed by atoms with Crippen LogP contribution in [0.4, 0.5) is 5.13 Å². The number of aromatic nitrogens is 1. The maximum absolute atomic E-state index is 13.0. The number of hydrogen-bond acceptors (Lipinski definition) is 6. The molecule has 1 heterocycles. The highest BCUT2D eigenvalue weighted by Gasteiger charge is 2.21. The summed E-state index contributed by atoms with van der Waals surface area (Å²) in [6.45, 7) is 3.68. The van der Waals surface area contributed by atoms with Crippen LogP contribution >= 0.6 is 34.5 Å². The molecule has 1 amide bonds. The Morgan fingerprint density at radius 2 is 1.70 bits per heavy atom. The summed E-state index contributed by atoms with van der Waals surface area (Å²) < 4.78 is 11.7. The largest absolute Gasteiger partial charge is 0.496 e. The van der Waals surface area contributed by atoms with Crippen LogP contribution in [0.1, 0.15) is 99.2 Å². The molecule has 232 valence electrons. The topological polar surface area (TPSA) is 97.8 Å². The summed E-state index contributed by atoms with van der Waals surface area (Å²) in [4.78, 5) is 28.8. The fraction of sp³-hybridized carbons (Fsp3) is 0.424. The van der Waals surface area contributed by atoms with Gasteiger partial charge >= 0.3 is 5.97 Å². The first-order valence-corrected chi connectivity index (χ1v) is 16.2. The molecule has 2 aromatic carbocycles. The van der Waals surface area contributed by atoms with E-state index in [1.807, 2.05) is 23.6 Å². The minimum Gasteiger partial charge on any atom is -0.496 e. The van der Waals surface area contributed by atoms with E-state index in [2.05, 4.69) is 17.2 Å². The van der Waals surface area contributed by atoms with Gasteiger partial charge in [0.15, 0.2) is 5.13 Å². The van der Waals surface area contributed by atoms with Gasteiger partial charge in [-0.25, -0.2) is 9.78 Å². The Morgan fingerprint density at radius 1 is 1.05 bits per heavy atom. The third kappa shape index (κ3) is 9.80. The van der Waals surface area contributed by atoms with E-state index >= 15 is 0 Å². The molecule has 0 aliphatic heterocycles. The lowest BCUT2D eigenvalue weighted by atomic mass is 9.98.